The molecule has 0 spiro atoms. The number of carbonyl (C=O) groups is 1. The minimum Gasteiger partial charge on any atom is -0.496 e. The van der Waals surface area contributed by atoms with Gasteiger partial charge in [0.15, 0.2) is 11.5 Å². The van der Waals surface area contributed by atoms with E-state index in [1.807, 2.05) is 17.5 Å². The van der Waals surface area contributed by atoms with E-state index >= 15 is 0 Å². The first-order valence-electron chi connectivity index (χ1n) is 8.87. The van der Waals surface area contributed by atoms with Crippen LogP contribution in [0.15, 0.2) is 29.0 Å². The van der Waals surface area contributed by atoms with Gasteiger partial charge in [0.2, 0.25) is 0 Å². The summed E-state index contributed by atoms with van der Waals surface area (Å²) in [5, 5.41) is 13.6. The zero-order chi connectivity index (χ0) is 19.4. The van der Waals surface area contributed by atoms with Gasteiger partial charge >= 0.3 is 5.97 Å². The number of likely N-dealkylation sites (tertiary alicyclic amines) is 1. The van der Waals surface area contributed by atoms with Crippen molar-refractivity contribution in [2.24, 2.45) is 5.92 Å². The number of rotatable bonds is 7. The maximum absolute atomic E-state index is 11.6. The van der Waals surface area contributed by atoms with Crippen molar-refractivity contribution in [3.63, 3.8) is 0 Å². The van der Waals surface area contributed by atoms with Crippen molar-refractivity contribution < 1.29 is 24.1 Å². The summed E-state index contributed by atoms with van der Waals surface area (Å²) >= 11 is 1.63. The van der Waals surface area contributed by atoms with Gasteiger partial charge in [-0.2, -0.15) is 11.3 Å². The van der Waals surface area contributed by atoms with Crippen molar-refractivity contribution in [1.29, 1.82) is 0 Å². The standard InChI is InChI=1S/C20H25NO5S/c1-24-16-10-18(26-3)17(25-2)9-15(16)19(14-6-8-27-12-14)21-7-4-5-13(11-21)20(22)23/h6,8-10,12-13,19H,4-5,7,11H2,1-3H3,(H,22,23). The van der Waals surface area contributed by atoms with E-state index in [9.17, 15) is 9.90 Å². The third-order valence-corrected chi connectivity index (χ3v) is 5.76. The quantitative estimate of drug-likeness (QED) is 0.777. The molecule has 2 heterocycles. The maximum atomic E-state index is 11.6. The summed E-state index contributed by atoms with van der Waals surface area (Å²) in [7, 11) is 4.83. The van der Waals surface area contributed by atoms with E-state index in [4.69, 9.17) is 14.2 Å². The highest BCUT2D eigenvalue weighted by atomic mass is 32.1. The van der Waals surface area contributed by atoms with Gasteiger partial charge in [0, 0.05) is 18.2 Å². The van der Waals surface area contributed by atoms with E-state index in [1.165, 1.54) is 0 Å². The number of nitrogens with zero attached hydrogens (tertiary/aromatic N) is 1. The van der Waals surface area contributed by atoms with Crippen LogP contribution in [0.2, 0.25) is 0 Å². The molecule has 0 amide bonds. The Bertz CT molecular complexity index is 777. The van der Waals surface area contributed by atoms with Gasteiger partial charge < -0.3 is 19.3 Å². The Labute approximate surface area is 163 Å². The number of benzene rings is 1. The van der Waals surface area contributed by atoms with Crippen LogP contribution >= 0.6 is 11.3 Å². The molecule has 1 aromatic carbocycles. The topological polar surface area (TPSA) is 68.2 Å². The third kappa shape index (κ3) is 4.04. The fraction of sp³-hybridized carbons (Fsp3) is 0.450. The van der Waals surface area contributed by atoms with Crippen LogP contribution in [0.4, 0.5) is 0 Å². The first-order chi connectivity index (χ1) is 13.1. The first kappa shape index (κ1) is 19.5. The Balaban J connectivity index is 2.08. The van der Waals surface area contributed by atoms with E-state index in [1.54, 1.807) is 32.7 Å². The molecule has 1 N–H and O–H groups in total. The molecule has 146 valence electrons. The van der Waals surface area contributed by atoms with Gasteiger partial charge in [0.1, 0.15) is 5.75 Å². The molecule has 1 saturated heterocycles. The Kier molecular flexibility index (Phi) is 6.23. The lowest BCUT2D eigenvalue weighted by atomic mass is 9.92. The zero-order valence-corrected chi connectivity index (χ0v) is 16.6. The molecule has 27 heavy (non-hydrogen) atoms. The van der Waals surface area contributed by atoms with Crippen LogP contribution in [0, 0.1) is 5.92 Å². The average Bonchev–Trinajstić information content (AvgIpc) is 3.22. The SMILES string of the molecule is COc1cc(OC)c(C(c2ccsc2)N2CCCC(C(=O)O)C2)cc1OC. The average molecular weight is 391 g/mol. The Hall–Kier alpha value is -2.25. The van der Waals surface area contributed by atoms with Crippen LogP contribution in [0.1, 0.15) is 30.0 Å². The molecule has 1 aliphatic heterocycles. The van der Waals surface area contributed by atoms with Crippen LogP contribution in [-0.2, 0) is 4.79 Å². The molecule has 2 aromatic rings. The lowest BCUT2D eigenvalue weighted by Crippen LogP contribution is -2.41. The van der Waals surface area contributed by atoms with Gasteiger partial charge in [0.25, 0.3) is 0 Å². The van der Waals surface area contributed by atoms with Crippen molar-refractivity contribution in [3.8, 4) is 17.2 Å². The molecule has 0 saturated carbocycles. The zero-order valence-electron chi connectivity index (χ0n) is 15.8. The lowest BCUT2D eigenvalue weighted by molar-refractivity contribution is -0.143. The third-order valence-electron chi connectivity index (χ3n) is 5.06. The van der Waals surface area contributed by atoms with Crippen molar-refractivity contribution in [3.05, 3.63) is 40.1 Å². The maximum Gasteiger partial charge on any atom is 0.307 e. The molecule has 2 atom stereocenters. The van der Waals surface area contributed by atoms with Crippen molar-refractivity contribution in [2.75, 3.05) is 34.4 Å². The molecule has 1 aromatic heterocycles. The van der Waals surface area contributed by atoms with E-state index in [0.29, 0.717) is 30.2 Å². The minimum absolute atomic E-state index is 0.104. The normalized spacial score (nSPS) is 18.7. The van der Waals surface area contributed by atoms with Crippen LogP contribution < -0.4 is 14.2 Å². The van der Waals surface area contributed by atoms with Gasteiger partial charge in [-0.1, -0.05) is 0 Å². The molecule has 6 nitrogen and oxygen atoms in total. The molecule has 2 unspecified atom stereocenters. The fourth-order valence-electron chi connectivity index (χ4n) is 3.73. The summed E-state index contributed by atoms with van der Waals surface area (Å²) in [4.78, 5) is 13.8. The number of methoxy groups -OCH3 is 3. The predicted molar refractivity (Wildman–Crippen MR) is 104 cm³/mol. The molecular weight excluding hydrogens is 366 g/mol. The largest absolute Gasteiger partial charge is 0.496 e. The predicted octanol–water partition coefficient (Wildman–Crippen LogP) is 3.66. The monoisotopic (exact) mass is 391 g/mol. The van der Waals surface area contributed by atoms with Gasteiger partial charge in [-0.3, -0.25) is 9.69 Å². The highest BCUT2D eigenvalue weighted by Crippen LogP contribution is 2.43. The number of thiophene rings is 1. The van der Waals surface area contributed by atoms with E-state index in [0.717, 1.165) is 24.1 Å². The molecule has 1 aliphatic rings. The van der Waals surface area contributed by atoms with Gasteiger partial charge in [-0.05, 0) is 47.8 Å². The second kappa shape index (κ2) is 8.63. The molecule has 0 aliphatic carbocycles. The van der Waals surface area contributed by atoms with Gasteiger partial charge in [0.05, 0.1) is 33.3 Å². The molecule has 0 radical (unpaired) electrons. The number of hydrogen-bond acceptors (Lipinski definition) is 6. The number of hydrogen-bond donors (Lipinski definition) is 1. The molecule has 0 bridgehead atoms. The van der Waals surface area contributed by atoms with Crippen LogP contribution in [-0.4, -0.2) is 50.4 Å². The van der Waals surface area contributed by atoms with Crippen molar-refractivity contribution >= 4 is 17.3 Å². The summed E-state index contributed by atoms with van der Waals surface area (Å²) in [5.41, 5.74) is 2.07. The van der Waals surface area contributed by atoms with E-state index in [-0.39, 0.29) is 12.0 Å². The Morgan fingerprint density at radius 3 is 2.48 bits per heavy atom. The summed E-state index contributed by atoms with van der Waals surface area (Å²) < 4.78 is 16.6. The number of carboxylic acid groups (broad SMARTS) is 1. The van der Waals surface area contributed by atoms with Crippen molar-refractivity contribution in [2.45, 2.75) is 18.9 Å². The van der Waals surface area contributed by atoms with Crippen molar-refractivity contribution in [1.82, 2.24) is 4.90 Å². The molecule has 1 fully saturated rings. The first-order valence-corrected chi connectivity index (χ1v) is 9.82. The summed E-state index contributed by atoms with van der Waals surface area (Å²) in [6.07, 6.45) is 1.57. The summed E-state index contributed by atoms with van der Waals surface area (Å²) in [6.45, 7) is 1.34. The van der Waals surface area contributed by atoms with Crippen LogP contribution in [0.5, 0.6) is 17.2 Å². The number of ether oxygens (including phenoxy) is 3. The summed E-state index contributed by atoms with van der Waals surface area (Å²) in [6, 6.07) is 5.74. The molecule has 7 heteroatoms. The highest BCUT2D eigenvalue weighted by Gasteiger charge is 2.33. The summed E-state index contributed by atoms with van der Waals surface area (Å²) in [5.74, 6) is 0.833. The molecular formula is C20H25NO5S. The smallest absolute Gasteiger partial charge is 0.307 e. The second-order valence-electron chi connectivity index (χ2n) is 6.58. The Morgan fingerprint density at radius 2 is 1.89 bits per heavy atom. The van der Waals surface area contributed by atoms with E-state index < -0.39 is 5.97 Å². The van der Waals surface area contributed by atoms with Crippen LogP contribution in [0.3, 0.4) is 0 Å². The van der Waals surface area contributed by atoms with Gasteiger partial charge in [-0.15, -0.1) is 0 Å². The second-order valence-corrected chi connectivity index (χ2v) is 7.36. The number of aliphatic carboxylic acids is 1. The number of piperidine rings is 1. The van der Waals surface area contributed by atoms with E-state index in [2.05, 4.69) is 16.3 Å². The van der Waals surface area contributed by atoms with Crippen LogP contribution in [0.25, 0.3) is 0 Å². The lowest BCUT2D eigenvalue weighted by Gasteiger charge is -2.37. The fourth-order valence-corrected chi connectivity index (χ4v) is 4.41. The number of carboxylic acids is 1. The molecule has 3 rings (SSSR count). The highest BCUT2D eigenvalue weighted by molar-refractivity contribution is 7.08. The minimum atomic E-state index is -0.733. The Morgan fingerprint density at radius 1 is 1.19 bits per heavy atom. The van der Waals surface area contributed by atoms with Gasteiger partial charge in [-0.25, -0.2) is 0 Å².